The highest BCUT2D eigenvalue weighted by molar-refractivity contribution is 5.38. The van der Waals surface area contributed by atoms with Gasteiger partial charge in [-0.15, -0.1) is 0 Å². The van der Waals surface area contributed by atoms with E-state index in [2.05, 4.69) is 4.98 Å². The number of anilines is 1. The van der Waals surface area contributed by atoms with Gasteiger partial charge in [0.2, 0.25) is 0 Å². The molecular weight excluding hydrogens is 150 g/mol. The second-order valence-electron chi connectivity index (χ2n) is 3.06. The highest BCUT2D eigenvalue weighted by atomic mass is 14.8. The quantitative estimate of drug-likeness (QED) is 0.700. The average molecular weight is 165 g/mol. The summed E-state index contributed by atoms with van der Waals surface area (Å²) >= 11 is 0. The van der Waals surface area contributed by atoms with Crippen LogP contribution in [0.3, 0.4) is 0 Å². The van der Waals surface area contributed by atoms with Crippen LogP contribution in [0.15, 0.2) is 18.3 Å². The van der Waals surface area contributed by atoms with Gasteiger partial charge < -0.3 is 11.5 Å². The van der Waals surface area contributed by atoms with Crippen molar-refractivity contribution in [1.82, 2.24) is 4.98 Å². The van der Waals surface area contributed by atoms with Crippen LogP contribution >= 0.6 is 0 Å². The van der Waals surface area contributed by atoms with Crippen LogP contribution in [0.4, 0.5) is 5.82 Å². The molecule has 1 aromatic rings. The van der Waals surface area contributed by atoms with Crippen molar-refractivity contribution in [3.8, 4) is 0 Å². The fourth-order valence-corrected chi connectivity index (χ4v) is 1.05. The smallest absolute Gasteiger partial charge is 0.126 e. The Balaban J connectivity index is 2.57. The van der Waals surface area contributed by atoms with E-state index >= 15 is 0 Å². The van der Waals surface area contributed by atoms with Gasteiger partial charge in [0.1, 0.15) is 5.82 Å². The van der Waals surface area contributed by atoms with E-state index in [9.17, 15) is 0 Å². The van der Waals surface area contributed by atoms with Crippen LogP contribution in [0, 0.1) is 0 Å². The maximum absolute atomic E-state index is 5.65. The third kappa shape index (κ3) is 2.51. The zero-order valence-corrected chi connectivity index (χ0v) is 7.33. The maximum Gasteiger partial charge on any atom is 0.126 e. The molecule has 0 aliphatic rings. The summed E-state index contributed by atoms with van der Waals surface area (Å²) in [4.78, 5) is 3.99. The first-order chi connectivity index (χ1) is 5.70. The van der Waals surface area contributed by atoms with Crippen molar-refractivity contribution in [2.45, 2.75) is 25.8 Å². The van der Waals surface area contributed by atoms with Gasteiger partial charge in [0.05, 0.1) is 0 Å². The molecule has 0 fully saturated rings. The summed E-state index contributed by atoms with van der Waals surface area (Å²) in [5, 5.41) is 0. The molecule has 0 amide bonds. The first-order valence-electron chi connectivity index (χ1n) is 4.15. The van der Waals surface area contributed by atoms with Crippen molar-refractivity contribution in [3.05, 3.63) is 23.9 Å². The molecule has 0 spiro atoms. The van der Waals surface area contributed by atoms with E-state index in [0.29, 0.717) is 5.82 Å². The minimum atomic E-state index is 0.226. The number of hydrogen-bond donors (Lipinski definition) is 2. The number of nitrogens with two attached hydrogens (primary N) is 2. The molecule has 0 aliphatic carbocycles. The summed E-state index contributed by atoms with van der Waals surface area (Å²) in [5.74, 6) is 0.623. The molecule has 3 heteroatoms. The zero-order valence-electron chi connectivity index (χ0n) is 7.33. The van der Waals surface area contributed by atoms with Gasteiger partial charge in [-0.1, -0.05) is 6.07 Å². The van der Waals surface area contributed by atoms with Crippen LogP contribution in [0.2, 0.25) is 0 Å². The predicted molar refractivity (Wildman–Crippen MR) is 50.6 cm³/mol. The third-order valence-electron chi connectivity index (χ3n) is 1.80. The number of nitrogen functional groups attached to an aromatic ring is 1. The molecule has 0 bridgehead atoms. The van der Waals surface area contributed by atoms with Crippen molar-refractivity contribution in [1.29, 1.82) is 0 Å². The molecule has 3 nitrogen and oxygen atoms in total. The molecule has 0 saturated heterocycles. The summed E-state index contributed by atoms with van der Waals surface area (Å²) in [5.41, 5.74) is 12.4. The molecular formula is C9H15N3. The van der Waals surface area contributed by atoms with Crippen molar-refractivity contribution in [2.75, 3.05) is 5.73 Å². The van der Waals surface area contributed by atoms with Crippen LogP contribution in [0.5, 0.6) is 0 Å². The Labute approximate surface area is 72.8 Å². The highest BCUT2D eigenvalue weighted by Crippen LogP contribution is 2.09. The first kappa shape index (κ1) is 9.00. The van der Waals surface area contributed by atoms with E-state index in [-0.39, 0.29) is 6.04 Å². The number of hydrogen-bond acceptors (Lipinski definition) is 3. The fourth-order valence-electron chi connectivity index (χ4n) is 1.05. The zero-order chi connectivity index (χ0) is 8.97. The number of aryl methyl sites for hydroxylation is 1. The molecule has 66 valence electrons. The van der Waals surface area contributed by atoms with Crippen molar-refractivity contribution >= 4 is 5.82 Å². The Morgan fingerprint density at radius 1 is 1.58 bits per heavy atom. The van der Waals surface area contributed by atoms with E-state index in [4.69, 9.17) is 11.5 Å². The molecule has 0 aliphatic heterocycles. The Kier molecular flexibility index (Phi) is 3.05. The standard InChI is InChI=1S/C9H15N3/c1-7(10)4-5-8-3-2-6-12-9(8)11/h2-3,6-7H,4-5,10H2,1H3,(H2,11,12). The number of aromatic nitrogens is 1. The fraction of sp³-hybridized carbons (Fsp3) is 0.444. The Hall–Kier alpha value is -1.09. The molecule has 1 rings (SSSR count). The average Bonchev–Trinajstić information content (AvgIpc) is 2.03. The van der Waals surface area contributed by atoms with Crippen LogP contribution in [-0.2, 0) is 6.42 Å². The summed E-state index contributed by atoms with van der Waals surface area (Å²) in [6, 6.07) is 4.11. The monoisotopic (exact) mass is 165 g/mol. The SMILES string of the molecule is CC(N)CCc1cccnc1N. The van der Waals surface area contributed by atoms with Gasteiger partial charge >= 0.3 is 0 Å². The Morgan fingerprint density at radius 2 is 2.33 bits per heavy atom. The molecule has 0 saturated carbocycles. The molecule has 12 heavy (non-hydrogen) atoms. The van der Waals surface area contributed by atoms with Crippen LogP contribution < -0.4 is 11.5 Å². The molecule has 0 aromatic carbocycles. The van der Waals surface area contributed by atoms with E-state index in [1.807, 2.05) is 19.1 Å². The van der Waals surface area contributed by atoms with Gasteiger partial charge in [-0.2, -0.15) is 0 Å². The number of nitrogens with zero attached hydrogens (tertiary/aromatic N) is 1. The van der Waals surface area contributed by atoms with Crippen LogP contribution in [0.1, 0.15) is 18.9 Å². The third-order valence-corrected chi connectivity index (χ3v) is 1.80. The van der Waals surface area contributed by atoms with Crippen molar-refractivity contribution in [2.24, 2.45) is 5.73 Å². The summed E-state index contributed by atoms with van der Waals surface area (Å²) in [7, 11) is 0. The molecule has 1 heterocycles. The van der Waals surface area contributed by atoms with Gasteiger partial charge in [0.15, 0.2) is 0 Å². The lowest BCUT2D eigenvalue weighted by Crippen LogP contribution is -2.15. The van der Waals surface area contributed by atoms with Crippen LogP contribution in [-0.4, -0.2) is 11.0 Å². The second-order valence-corrected chi connectivity index (χ2v) is 3.06. The number of pyridine rings is 1. The lowest BCUT2D eigenvalue weighted by atomic mass is 10.1. The minimum absolute atomic E-state index is 0.226. The molecule has 1 aromatic heterocycles. The Morgan fingerprint density at radius 3 is 2.92 bits per heavy atom. The van der Waals surface area contributed by atoms with Crippen molar-refractivity contribution in [3.63, 3.8) is 0 Å². The van der Waals surface area contributed by atoms with Gasteiger partial charge in [-0.3, -0.25) is 0 Å². The predicted octanol–water partition coefficient (Wildman–Crippen LogP) is 0.944. The first-order valence-corrected chi connectivity index (χ1v) is 4.15. The van der Waals surface area contributed by atoms with Gasteiger partial charge in [0.25, 0.3) is 0 Å². The lowest BCUT2D eigenvalue weighted by Gasteiger charge is -2.05. The molecule has 1 atom stereocenters. The van der Waals surface area contributed by atoms with E-state index in [1.54, 1.807) is 6.20 Å². The van der Waals surface area contributed by atoms with E-state index < -0.39 is 0 Å². The largest absolute Gasteiger partial charge is 0.383 e. The topological polar surface area (TPSA) is 64.9 Å². The van der Waals surface area contributed by atoms with E-state index in [1.165, 1.54) is 0 Å². The maximum atomic E-state index is 5.65. The summed E-state index contributed by atoms with van der Waals surface area (Å²) in [6.07, 6.45) is 3.57. The van der Waals surface area contributed by atoms with Crippen molar-refractivity contribution < 1.29 is 0 Å². The molecule has 1 unspecified atom stereocenters. The normalized spacial score (nSPS) is 12.8. The highest BCUT2D eigenvalue weighted by Gasteiger charge is 2.00. The van der Waals surface area contributed by atoms with Crippen LogP contribution in [0.25, 0.3) is 0 Å². The second kappa shape index (κ2) is 4.07. The van der Waals surface area contributed by atoms with Gasteiger partial charge in [0, 0.05) is 12.2 Å². The van der Waals surface area contributed by atoms with Gasteiger partial charge in [-0.05, 0) is 31.4 Å². The van der Waals surface area contributed by atoms with Gasteiger partial charge in [-0.25, -0.2) is 4.98 Å². The summed E-state index contributed by atoms with van der Waals surface area (Å²) in [6.45, 7) is 1.99. The number of rotatable bonds is 3. The molecule has 4 N–H and O–H groups in total. The Bertz CT molecular complexity index is 245. The lowest BCUT2D eigenvalue weighted by molar-refractivity contribution is 0.666. The van der Waals surface area contributed by atoms with E-state index in [0.717, 1.165) is 18.4 Å². The minimum Gasteiger partial charge on any atom is -0.383 e. The molecule has 0 radical (unpaired) electrons. The summed E-state index contributed by atoms with van der Waals surface area (Å²) < 4.78 is 0.